The fourth-order valence-corrected chi connectivity index (χ4v) is 4.24. The number of nitrogens with zero attached hydrogens (tertiary/aromatic N) is 1. The van der Waals surface area contributed by atoms with Gasteiger partial charge in [-0.1, -0.05) is 35.4 Å². The van der Waals surface area contributed by atoms with Crippen molar-refractivity contribution in [1.82, 2.24) is 5.32 Å². The lowest BCUT2D eigenvalue weighted by molar-refractivity contribution is -0.121. The maximum absolute atomic E-state index is 13.3. The van der Waals surface area contributed by atoms with Gasteiger partial charge in [-0.15, -0.1) is 0 Å². The molecule has 1 N–H and O–H groups in total. The molecule has 0 bridgehead atoms. The molecule has 0 saturated carbocycles. The highest BCUT2D eigenvalue weighted by atomic mass is 35.5. The largest absolute Gasteiger partial charge is 0.350 e. The van der Waals surface area contributed by atoms with Crippen molar-refractivity contribution in [2.24, 2.45) is 0 Å². The average molecular weight is 409 g/mol. The molecule has 0 aliphatic rings. The fraction of sp³-hybridized carbons (Fsp3) is 0.350. The zero-order chi connectivity index (χ0) is 20.4. The number of hydrogen-bond acceptors (Lipinski definition) is 3. The lowest BCUT2D eigenvalue weighted by atomic mass is 10.1. The van der Waals surface area contributed by atoms with Crippen LogP contribution in [0.25, 0.3) is 0 Å². The Morgan fingerprint density at radius 3 is 2.22 bits per heavy atom. The summed E-state index contributed by atoms with van der Waals surface area (Å²) in [6, 6.07) is 11.5. The van der Waals surface area contributed by atoms with E-state index >= 15 is 0 Å². The Bertz CT molecular complexity index is 933. The number of benzene rings is 2. The van der Waals surface area contributed by atoms with E-state index in [1.807, 2.05) is 27.7 Å². The second kappa shape index (κ2) is 7.90. The molecule has 0 heterocycles. The molecule has 0 atom stereocenters. The summed E-state index contributed by atoms with van der Waals surface area (Å²) in [7, 11) is -3.95. The minimum Gasteiger partial charge on any atom is -0.350 e. The first-order valence-electron chi connectivity index (χ1n) is 8.57. The van der Waals surface area contributed by atoms with Crippen LogP contribution < -0.4 is 9.62 Å². The average Bonchev–Trinajstić information content (AvgIpc) is 2.54. The highest BCUT2D eigenvalue weighted by Gasteiger charge is 2.29. The molecule has 0 spiro atoms. The van der Waals surface area contributed by atoms with Gasteiger partial charge in [-0.05, 0) is 64.4 Å². The molecule has 0 aromatic heterocycles. The normalized spacial score (nSPS) is 11.9. The summed E-state index contributed by atoms with van der Waals surface area (Å²) in [5.74, 6) is -0.391. The van der Waals surface area contributed by atoms with Gasteiger partial charge in [-0.25, -0.2) is 8.42 Å². The monoisotopic (exact) mass is 408 g/mol. The fourth-order valence-electron chi connectivity index (χ4n) is 2.59. The van der Waals surface area contributed by atoms with Gasteiger partial charge in [0.2, 0.25) is 5.91 Å². The van der Waals surface area contributed by atoms with Gasteiger partial charge in [0, 0.05) is 10.6 Å². The minimum absolute atomic E-state index is 0.121. The minimum atomic E-state index is -3.95. The van der Waals surface area contributed by atoms with Gasteiger partial charge < -0.3 is 5.32 Å². The third kappa shape index (κ3) is 5.23. The van der Waals surface area contributed by atoms with E-state index in [4.69, 9.17) is 11.6 Å². The van der Waals surface area contributed by atoms with Crippen molar-refractivity contribution in [3.8, 4) is 0 Å². The Morgan fingerprint density at radius 1 is 1.07 bits per heavy atom. The van der Waals surface area contributed by atoms with Gasteiger partial charge in [0.05, 0.1) is 10.6 Å². The van der Waals surface area contributed by atoms with Gasteiger partial charge in [0.1, 0.15) is 6.54 Å². The predicted molar refractivity (Wildman–Crippen MR) is 110 cm³/mol. The summed E-state index contributed by atoms with van der Waals surface area (Å²) >= 11 is 6.20. The summed E-state index contributed by atoms with van der Waals surface area (Å²) < 4.78 is 27.7. The Morgan fingerprint density at radius 2 is 1.67 bits per heavy atom. The number of carbonyl (C=O) groups excluding carboxylic acids is 1. The smallest absolute Gasteiger partial charge is 0.264 e. The van der Waals surface area contributed by atoms with Crippen LogP contribution in [0, 0.1) is 13.8 Å². The zero-order valence-electron chi connectivity index (χ0n) is 16.2. The molecule has 0 aliphatic heterocycles. The third-order valence-electron chi connectivity index (χ3n) is 3.92. The zero-order valence-corrected chi connectivity index (χ0v) is 17.8. The van der Waals surface area contributed by atoms with Gasteiger partial charge in [0.25, 0.3) is 10.0 Å². The Balaban J connectivity index is 2.54. The van der Waals surface area contributed by atoms with E-state index in [1.165, 1.54) is 0 Å². The number of nitrogens with one attached hydrogen (secondary N) is 1. The second-order valence-corrected chi connectivity index (χ2v) is 9.78. The first kappa shape index (κ1) is 21.3. The molecule has 0 fully saturated rings. The Kier molecular flexibility index (Phi) is 6.22. The van der Waals surface area contributed by atoms with Crippen molar-refractivity contribution in [1.29, 1.82) is 0 Å². The van der Waals surface area contributed by atoms with Crippen LogP contribution in [0.4, 0.5) is 5.69 Å². The van der Waals surface area contributed by atoms with Crippen LogP contribution in [0.1, 0.15) is 31.9 Å². The van der Waals surface area contributed by atoms with Crippen LogP contribution in [-0.2, 0) is 14.8 Å². The third-order valence-corrected chi connectivity index (χ3v) is 6.10. The van der Waals surface area contributed by atoms with Crippen LogP contribution in [-0.4, -0.2) is 26.4 Å². The summed E-state index contributed by atoms with van der Waals surface area (Å²) in [4.78, 5) is 12.6. The Hall–Kier alpha value is -2.05. The van der Waals surface area contributed by atoms with E-state index in [-0.39, 0.29) is 11.4 Å². The molecule has 0 saturated heterocycles. The van der Waals surface area contributed by atoms with Gasteiger partial charge in [-0.2, -0.15) is 0 Å². The molecule has 2 aromatic rings. The molecular formula is C20H25ClN2O3S. The highest BCUT2D eigenvalue weighted by Crippen LogP contribution is 2.30. The van der Waals surface area contributed by atoms with E-state index in [1.54, 1.807) is 49.4 Å². The molecule has 5 nitrogen and oxygen atoms in total. The molecule has 0 radical (unpaired) electrons. The SMILES string of the molecule is Cc1ccc(S(=O)(=O)N(CC(=O)NC(C)(C)C)c2cccc(Cl)c2C)cc1. The highest BCUT2D eigenvalue weighted by molar-refractivity contribution is 7.92. The predicted octanol–water partition coefficient (Wildman–Crippen LogP) is 4.07. The van der Waals surface area contributed by atoms with Crippen molar-refractivity contribution >= 4 is 33.2 Å². The van der Waals surface area contributed by atoms with E-state index in [9.17, 15) is 13.2 Å². The number of anilines is 1. The molecule has 1 amide bonds. The van der Waals surface area contributed by atoms with Crippen molar-refractivity contribution < 1.29 is 13.2 Å². The maximum atomic E-state index is 13.3. The summed E-state index contributed by atoms with van der Waals surface area (Å²) in [5, 5.41) is 3.25. The van der Waals surface area contributed by atoms with Crippen molar-refractivity contribution in [3.05, 3.63) is 58.6 Å². The molecule has 0 unspecified atom stereocenters. The van der Waals surface area contributed by atoms with E-state index in [0.29, 0.717) is 16.3 Å². The number of rotatable bonds is 5. The van der Waals surface area contributed by atoms with Crippen LogP contribution in [0.2, 0.25) is 5.02 Å². The molecular weight excluding hydrogens is 384 g/mol. The first-order valence-corrected chi connectivity index (χ1v) is 10.4. The molecule has 2 rings (SSSR count). The quantitative estimate of drug-likeness (QED) is 0.810. The molecule has 0 aliphatic carbocycles. The first-order chi connectivity index (χ1) is 12.4. The van der Waals surface area contributed by atoms with Gasteiger partial charge >= 0.3 is 0 Å². The van der Waals surface area contributed by atoms with Crippen LogP contribution in [0.5, 0.6) is 0 Å². The van der Waals surface area contributed by atoms with Gasteiger partial charge in [0.15, 0.2) is 0 Å². The lowest BCUT2D eigenvalue weighted by Crippen LogP contribution is -2.47. The molecule has 2 aromatic carbocycles. The number of sulfonamides is 1. The van der Waals surface area contributed by atoms with E-state index in [2.05, 4.69) is 5.32 Å². The second-order valence-electron chi connectivity index (χ2n) is 7.51. The van der Waals surface area contributed by atoms with Crippen LogP contribution in [0.15, 0.2) is 47.4 Å². The molecule has 27 heavy (non-hydrogen) atoms. The molecule has 7 heteroatoms. The van der Waals surface area contributed by atoms with E-state index < -0.39 is 21.5 Å². The lowest BCUT2D eigenvalue weighted by Gasteiger charge is -2.28. The maximum Gasteiger partial charge on any atom is 0.264 e. The van der Waals surface area contributed by atoms with Gasteiger partial charge in [-0.3, -0.25) is 9.10 Å². The summed E-state index contributed by atoms with van der Waals surface area (Å²) in [6.45, 7) is 8.80. The van der Waals surface area contributed by atoms with Crippen molar-refractivity contribution in [2.75, 3.05) is 10.8 Å². The number of carbonyl (C=O) groups is 1. The van der Waals surface area contributed by atoms with Crippen molar-refractivity contribution in [3.63, 3.8) is 0 Å². The number of amides is 1. The van der Waals surface area contributed by atoms with Crippen LogP contribution in [0.3, 0.4) is 0 Å². The standard InChI is InChI=1S/C20H25ClN2O3S/c1-14-9-11-16(12-10-14)27(25,26)23(13-19(24)22-20(3,4)5)18-8-6-7-17(21)15(18)2/h6-12H,13H2,1-5H3,(H,22,24). The number of halogens is 1. The topological polar surface area (TPSA) is 66.5 Å². The number of hydrogen-bond donors (Lipinski definition) is 1. The summed E-state index contributed by atoms with van der Waals surface area (Å²) in [6.07, 6.45) is 0. The summed E-state index contributed by atoms with van der Waals surface area (Å²) in [5.41, 5.74) is 1.45. The van der Waals surface area contributed by atoms with Crippen LogP contribution >= 0.6 is 11.6 Å². The van der Waals surface area contributed by atoms with Crippen molar-refractivity contribution in [2.45, 2.75) is 45.1 Å². The van der Waals surface area contributed by atoms with E-state index in [0.717, 1.165) is 9.87 Å². The Labute approximate surface area is 166 Å². The number of aryl methyl sites for hydroxylation is 1. The molecule has 146 valence electrons.